The first-order valence-corrected chi connectivity index (χ1v) is 7.54. The van der Waals surface area contributed by atoms with Gasteiger partial charge in [-0.1, -0.05) is 29.8 Å². The number of aliphatic hydroxyl groups is 1. The summed E-state index contributed by atoms with van der Waals surface area (Å²) in [6.45, 7) is 4.64. The quantitative estimate of drug-likeness (QED) is 0.851. The topological polar surface area (TPSA) is 36.4 Å². The highest BCUT2D eigenvalue weighted by atomic mass is 35.5. The normalized spacial score (nSPS) is 11.0. The standard InChI is InChI=1S/C17H21ClN2O/c1-14-6-7-17(19-11-14)13-20(8-3-9-21)12-15-4-2-5-16(18)10-15/h2,4-7,10-11,21H,3,8-9,12-13H2,1H3. The predicted molar refractivity (Wildman–Crippen MR) is 86.2 cm³/mol. The van der Waals surface area contributed by atoms with Crippen LogP contribution in [0.1, 0.15) is 23.2 Å². The summed E-state index contributed by atoms with van der Waals surface area (Å²) in [5, 5.41) is 9.82. The van der Waals surface area contributed by atoms with Gasteiger partial charge in [0.25, 0.3) is 0 Å². The Bertz CT molecular complexity index is 557. The second kappa shape index (κ2) is 8.13. The summed E-state index contributed by atoms with van der Waals surface area (Å²) in [5.41, 5.74) is 3.38. The van der Waals surface area contributed by atoms with Crippen molar-refractivity contribution < 1.29 is 5.11 Å². The summed E-state index contributed by atoms with van der Waals surface area (Å²) in [6, 6.07) is 12.0. The average molecular weight is 305 g/mol. The molecule has 0 fully saturated rings. The Labute approximate surface area is 131 Å². The van der Waals surface area contributed by atoms with Gasteiger partial charge in [-0.2, -0.15) is 0 Å². The molecule has 0 saturated heterocycles. The van der Waals surface area contributed by atoms with Crippen molar-refractivity contribution >= 4 is 11.6 Å². The van der Waals surface area contributed by atoms with Crippen molar-refractivity contribution in [1.29, 1.82) is 0 Å². The van der Waals surface area contributed by atoms with E-state index in [0.717, 1.165) is 42.3 Å². The van der Waals surface area contributed by atoms with Crippen LogP contribution in [0.5, 0.6) is 0 Å². The predicted octanol–water partition coefficient (Wildman–Crippen LogP) is 3.43. The highest BCUT2D eigenvalue weighted by molar-refractivity contribution is 6.30. The van der Waals surface area contributed by atoms with Gasteiger partial charge in [-0.3, -0.25) is 9.88 Å². The molecule has 0 aliphatic rings. The van der Waals surface area contributed by atoms with E-state index in [1.165, 1.54) is 5.56 Å². The summed E-state index contributed by atoms with van der Waals surface area (Å²) in [5.74, 6) is 0. The number of nitrogens with zero attached hydrogens (tertiary/aromatic N) is 2. The first-order chi connectivity index (χ1) is 10.2. The fraction of sp³-hybridized carbons (Fsp3) is 0.353. The maximum absolute atomic E-state index is 9.06. The van der Waals surface area contributed by atoms with Gasteiger partial charge in [-0.25, -0.2) is 0 Å². The molecule has 1 aromatic carbocycles. The van der Waals surface area contributed by atoms with E-state index in [0.29, 0.717) is 0 Å². The van der Waals surface area contributed by atoms with Crippen molar-refractivity contribution in [1.82, 2.24) is 9.88 Å². The highest BCUT2D eigenvalue weighted by Crippen LogP contribution is 2.14. The Kier molecular flexibility index (Phi) is 6.18. The molecular weight excluding hydrogens is 284 g/mol. The molecule has 0 radical (unpaired) electrons. The van der Waals surface area contributed by atoms with Crippen LogP contribution in [-0.2, 0) is 13.1 Å². The molecule has 4 heteroatoms. The van der Waals surface area contributed by atoms with Gasteiger partial charge in [0.05, 0.1) is 5.69 Å². The first-order valence-electron chi connectivity index (χ1n) is 7.16. The van der Waals surface area contributed by atoms with E-state index in [-0.39, 0.29) is 6.61 Å². The molecule has 21 heavy (non-hydrogen) atoms. The van der Waals surface area contributed by atoms with Crippen molar-refractivity contribution in [2.75, 3.05) is 13.2 Å². The van der Waals surface area contributed by atoms with Crippen LogP contribution in [-0.4, -0.2) is 28.1 Å². The van der Waals surface area contributed by atoms with Crippen molar-refractivity contribution in [3.05, 3.63) is 64.4 Å². The van der Waals surface area contributed by atoms with Gasteiger partial charge in [0, 0.05) is 37.5 Å². The minimum absolute atomic E-state index is 0.202. The van der Waals surface area contributed by atoms with Crippen molar-refractivity contribution in [3.63, 3.8) is 0 Å². The Balaban J connectivity index is 2.04. The Morgan fingerprint density at radius 2 is 2.05 bits per heavy atom. The molecule has 0 aliphatic carbocycles. The number of aromatic nitrogens is 1. The molecule has 0 bridgehead atoms. The fourth-order valence-electron chi connectivity index (χ4n) is 2.22. The lowest BCUT2D eigenvalue weighted by Gasteiger charge is -2.22. The lowest BCUT2D eigenvalue weighted by molar-refractivity contribution is 0.211. The van der Waals surface area contributed by atoms with Crippen LogP contribution in [0.15, 0.2) is 42.6 Å². The van der Waals surface area contributed by atoms with E-state index in [1.54, 1.807) is 0 Å². The van der Waals surface area contributed by atoms with E-state index in [9.17, 15) is 0 Å². The molecule has 2 rings (SSSR count). The fourth-order valence-corrected chi connectivity index (χ4v) is 2.44. The lowest BCUT2D eigenvalue weighted by atomic mass is 10.2. The van der Waals surface area contributed by atoms with Crippen molar-refractivity contribution in [3.8, 4) is 0 Å². The molecule has 2 aromatic rings. The molecule has 3 nitrogen and oxygen atoms in total. The number of benzene rings is 1. The molecule has 0 amide bonds. The van der Waals surface area contributed by atoms with E-state index in [2.05, 4.69) is 28.1 Å². The Morgan fingerprint density at radius 3 is 2.71 bits per heavy atom. The number of hydrogen-bond donors (Lipinski definition) is 1. The van der Waals surface area contributed by atoms with Crippen LogP contribution < -0.4 is 0 Å². The van der Waals surface area contributed by atoms with Crippen molar-refractivity contribution in [2.45, 2.75) is 26.4 Å². The van der Waals surface area contributed by atoms with Gasteiger partial charge >= 0.3 is 0 Å². The van der Waals surface area contributed by atoms with E-state index < -0.39 is 0 Å². The number of aliphatic hydroxyl groups excluding tert-OH is 1. The maximum Gasteiger partial charge on any atom is 0.0544 e. The molecule has 0 spiro atoms. The van der Waals surface area contributed by atoms with Crippen LogP contribution in [0.25, 0.3) is 0 Å². The lowest BCUT2D eigenvalue weighted by Crippen LogP contribution is -2.25. The average Bonchev–Trinajstić information content (AvgIpc) is 2.47. The summed E-state index contributed by atoms with van der Waals surface area (Å²) in [4.78, 5) is 6.73. The third-order valence-electron chi connectivity index (χ3n) is 3.29. The zero-order valence-electron chi connectivity index (χ0n) is 12.3. The van der Waals surface area contributed by atoms with Gasteiger partial charge in [-0.05, 0) is 42.7 Å². The monoisotopic (exact) mass is 304 g/mol. The molecule has 0 unspecified atom stereocenters. The number of hydrogen-bond acceptors (Lipinski definition) is 3. The third kappa shape index (κ3) is 5.46. The molecule has 112 valence electrons. The van der Waals surface area contributed by atoms with Gasteiger partial charge < -0.3 is 5.11 Å². The van der Waals surface area contributed by atoms with Crippen LogP contribution in [0.3, 0.4) is 0 Å². The van der Waals surface area contributed by atoms with Crippen molar-refractivity contribution in [2.24, 2.45) is 0 Å². The van der Waals surface area contributed by atoms with Crippen LogP contribution in [0, 0.1) is 6.92 Å². The van der Waals surface area contributed by atoms with E-state index in [4.69, 9.17) is 16.7 Å². The minimum Gasteiger partial charge on any atom is -0.396 e. The summed E-state index contributed by atoms with van der Waals surface area (Å²) in [7, 11) is 0. The summed E-state index contributed by atoms with van der Waals surface area (Å²) < 4.78 is 0. The summed E-state index contributed by atoms with van der Waals surface area (Å²) in [6.07, 6.45) is 2.64. The highest BCUT2D eigenvalue weighted by Gasteiger charge is 2.08. The van der Waals surface area contributed by atoms with Gasteiger partial charge in [0.1, 0.15) is 0 Å². The second-order valence-electron chi connectivity index (χ2n) is 5.24. The van der Waals surface area contributed by atoms with Crippen LogP contribution in [0.2, 0.25) is 5.02 Å². The minimum atomic E-state index is 0.202. The van der Waals surface area contributed by atoms with Gasteiger partial charge in [0.2, 0.25) is 0 Å². The van der Waals surface area contributed by atoms with E-state index in [1.807, 2.05) is 31.3 Å². The second-order valence-corrected chi connectivity index (χ2v) is 5.68. The van der Waals surface area contributed by atoms with Crippen LogP contribution in [0.4, 0.5) is 0 Å². The number of pyridine rings is 1. The molecule has 1 N–H and O–H groups in total. The zero-order chi connectivity index (χ0) is 15.1. The zero-order valence-corrected chi connectivity index (χ0v) is 13.1. The first kappa shape index (κ1) is 16.0. The van der Waals surface area contributed by atoms with Crippen LogP contribution >= 0.6 is 11.6 Å². The maximum atomic E-state index is 9.06. The number of halogens is 1. The SMILES string of the molecule is Cc1ccc(CN(CCCO)Cc2cccc(Cl)c2)nc1. The van der Waals surface area contributed by atoms with Gasteiger partial charge in [-0.15, -0.1) is 0 Å². The summed E-state index contributed by atoms with van der Waals surface area (Å²) >= 11 is 6.04. The Morgan fingerprint density at radius 1 is 1.19 bits per heavy atom. The smallest absolute Gasteiger partial charge is 0.0544 e. The third-order valence-corrected chi connectivity index (χ3v) is 3.52. The number of rotatable bonds is 7. The molecule has 1 heterocycles. The number of aryl methyl sites for hydroxylation is 1. The molecule has 0 saturated carbocycles. The van der Waals surface area contributed by atoms with E-state index >= 15 is 0 Å². The Hall–Kier alpha value is -1.42. The molecule has 0 aliphatic heterocycles. The molecule has 1 aromatic heterocycles. The largest absolute Gasteiger partial charge is 0.396 e. The molecular formula is C17H21ClN2O. The van der Waals surface area contributed by atoms with Gasteiger partial charge in [0.15, 0.2) is 0 Å². The molecule has 0 atom stereocenters.